The molecule has 0 spiro atoms. The molecule has 0 aromatic carbocycles. The highest BCUT2D eigenvalue weighted by atomic mass is 16.5. The molecule has 2 heteroatoms. The van der Waals surface area contributed by atoms with Gasteiger partial charge in [0.1, 0.15) is 0 Å². The molecule has 0 saturated carbocycles. The van der Waals surface area contributed by atoms with Gasteiger partial charge in [0.2, 0.25) is 0 Å². The van der Waals surface area contributed by atoms with Gasteiger partial charge in [-0.3, -0.25) is 0 Å². The molecule has 41 heavy (non-hydrogen) atoms. The van der Waals surface area contributed by atoms with Crippen molar-refractivity contribution in [1.82, 2.24) is 0 Å². The highest BCUT2D eigenvalue weighted by Gasteiger charge is 2.08. The maximum Gasteiger partial charge on any atom is 0.333 e. The first-order chi connectivity index (χ1) is 19.9. The Hall–Kier alpha value is -0.790. The Morgan fingerprint density at radius 2 is 0.707 bits per heavy atom. The third-order valence-corrected chi connectivity index (χ3v) is 8.71. The maximum atomic E-state index is 12.2. The van der Waals surface area contributed by atoms with Crippen molar-refractivity contribution >= 4 is 5.97 Å². The van der Waals surface area contributed by atoms with Gasteiger partial charge >= 0.3 is 5.97 Å². The van der Waals surface area contributed by atoms with Crippen molar-refractivity contribution in [1.29, 1.82) is 0 Å². The number of carbonyl (C=O) groups is 1. The van der Waals surface area contributed by atoms with E-state index in [1.54, 1.807) is 0 Å². The number of hydrogen-bond acceptors (Lipinski definition) is 2. The average molecular weight is 577 g/mol. The number of esters is 1. The molecule has 0 atom stereocenters. The Bertz CT molecular complexity index is 550. The van der Waals surface area contributed by atoms with E-state index in [0.29, 0.717) is 12.2 Å². The lowest BCUT2D eigenvalue weighted by Crippen LogP contribution is -2.08. The van der Waals surface area contributed by atoms with Crippen LogP contribution in [0.5, 0.6) is 0 Å². The number of unbranched alkanes of at least 4 members (excludes halogenated alkanes) is 24. The van der Waals surface area contributed by atoms with Crippen molar-refractivity contribution in [3.8, 4) is 0 Å². The normalized spacial score (nSPS) is 11.6. The van der Waals surface area contributed by atoms with Crippen LogP contribution in [0, 0.1) is 11.8 Å². The van der Waals surface area contributed by atoms with Crippen molar-refractivity contribution in [3.63, 3.8) is 0 Å². The maximum absolute atomic E-state index is 12.2. The fourth-order valence-electron chi connectivity index (χ4n) is 5.80. The van der Waals surface area contributed by atoms with Crippen molar-refractivity contribution in [2.45, 2.75) is 214 Å². The Balaban J connectivity index is 3.29. The second-order valence-electron chi connectivity index (χ2n) is 14.0. The molecular weight excluding hydrogens is 500 g/mol. The molecule has 0 unspecified atom stereocenters. The van der Waals surface area contributed by atoms with Crippen LogP contribution in [0.2, 0.25) is 0 Å². The summed E-state index contributed by atoms with van der Waals surface area (Å²) in [5.41, 5.74) is 0.671. The summed E-state index contributed by atoms with van der Waals surface area (Å²) in [6, 6.07) is 0. The molecule has 244 valence electrons. The van der Waals surface area contributed by atoms with Gasteiger partial charge < -0.3 is 4.74 Å². The minimum absolute atomic E-state index is 0.162. The van der Waals surface area contributed by atoms with E-state index in [2.05, 4.69) is 34.3 Å². The summed E-state index contributed by atoms with van der Waals surface area (Å²) < 4.78 is 5.46. The van der Waals surface area contributed by atoms with Crippen LogP contribution in [0.25, 0.3) is 0 Å². The molecule has 0 N–H and O–H groups in total. The summed E-state index contributed by atoms with van der Waals surface area (Å²) in [6.45, 7) is 13.9. The molecule has 0 heterocycles. The van der Waals surface area contributed by atoms with Gasteiger partial charge in [-0.05, 0) is 31.1 Å². The van der Waals surface area contributed by atoms with E-state index in [9.17, 15) is 4.79 Å². The third-order valence-electron chi connectivity index (χ3n) is 8.71. The fraction of sp³-hybridized carbons (Fsp3) is 0.923. The van der Waals surface area contributed by atoms with Gasteiger partial charge in [-0.15, -0.1) is 0 Å². The molecule has 0 aliphatic rings. The van der Waals surface area contributed by atoms with Crippen molar-refractivity contribution in [2.24, 2.45) is 11.8 Å². The summed E-state index contributed by atoms with van der Waals surface area (Å²) in [5, 5.41) is 0. The van der Waals surface area contributed by atoms with Crippen LogP contribution in [-0.4, -0.2) is 12.6 Å². The van der Waals surface area contributed by atoms with E-state index in [-0.39, 0.29) is 5.97 Å². The van der Waals surface area contributed by atoms with Gasteiger partial charge in [0.15, 0.2) is 0 Å². The summed E-state index contributed by atoms with van der Waals surface area (Å²) in [6.07, 6.45) is 38.8. The Morgan fingerprint density at radius 3 is 1.02 bits per heavy atom. The first kappa shape index (κ1) is 40.2. The molecule has 0 aromatic heterocycles. The van der Waals surface area contributed by atoms with Gasteiger partial charge in [-0.2, -0.15) is 0 Å². The predicted octanol–water partition coefficient (Wildman–Crippen LogP) is 13.7. The first-order valence-corrected chi connectivity index (χ1v) is 18.8. The Labute approximate surface area is 259 Å². The van der Waals surface area contributed by atoms with Crippen LogP contribution >= 0.6 is 0 Å². The summed E-state index contributed by atoms with van der Waals surface area (Å²) >= 11 is 0. The molecular formula is C39H76O2. The Kier molecular flexibility index (Phi) is 31.5. The lowest BCUT2D eigenvalue weighted by atomic mass is 10.0. The standard InChI is InChI=1S/C39H76O2/c1-36(2)32-28-24-20-16-12-8-6-10-14-18-22-26-30-34-38(5)39(40)41-35-31-27-23-19-15-11-7-9-13-17-21-25-29-33-37(3)4/h36-37H,5-35H2,1-4H3. The third kappa shape index (κ3) is 33.6. The van der Waals surface area contributed by atoms with Crippen LogP contribution in [0.4, 0.5) is 0 Å². The number of hydrogen-bond donors (Lipinski definition) is 0. The van der Waals surface area contributed by atoms with Gasteiger partial charge in [0.05, 0.1) is 6.61 Å². The second-order valence-corrected chi connectivity index (χ2v) is 14.0. The van der Waals surface area contributed by atoms with E-state index in [1.807, 2.05) is 0 Å². The largest absolute Gasteiger partial charge is 0.462 e. The van der Waals surface area contributed by atoms with E-state index in [1.165, 1.54) is 167 Å². The predicted molar refractivity (Wildman–Crippen MR) is 184 cm³/mol. The van der Waals surface area contributed by atoms with Gasteiger partial charge in [-0.1, -0.05) is 201 Å². The van der Waals surface area contributed by atoms with E-state index >= 15 is 0 Å². The van der Waals surface area contributed by atoms with E-state index < -0.39 is 0 Å². The molecule has 0 aromatic rings. The van der Waals surface area contributed by atoms with Gasteiger partial charge in [0, 0.05) is 5.57 Å². The molecule has 0 aliphatic heterocycles. The van der Waals surface area contributed by atoms with Crippen LogP contribution in [0.3, 0.4) is 0 Å². The van der Waals surface area contributed by atoms with Crippen LogP contribution in [0.1, 0.15) is 214 Å². The minimum Gasteiger partial charge on any atom is -0.462 e. The monoisotopic (exact) mass is 577 g/mol. The topological polar surface area (TPSA) is 26.3 Å². The van der Waals surface area contributed by atoms with Gasteiger partial charge in [0.25, 0.3) is 0 Å². The highest BCUT2D eigenvalue weighted by Crippen LogP contribution is 2.17. The summed E-state index contributed by atoms with van der Waals surface area (Å²) in [7, 11) is 0. The van der Waals surface area contributed by atoms with Crippen LogP contribution < -0.4 is 0 Å². The number of rotatable bonds is 33. The minimum atomic E-state index is -0.162. The Morgan fingerprint density at radius 1 is 0.439 bits per heavy atom. The lowest BCUT2D eigenvalue weighted by Gasteiger charge is -2.08. The van der Waals surface area contributed by atoms with E-state index in [0.717, 1.165) is 31.1 Å². The highest BCUT2D eigenvalue weighted by molar-refractivity contribution is 5.87. The van der Waals surface area contributed by atoms with Crippen LogP contribution in [0.15, 0.2) is 12.2 Å². The number of ether oxygens (including phenoxy) is 1. The quantitative estimate of drug-likeness (QED) is 0.0441. The van der Waals surface area contributed by atoms with Crippen molar-refractivity contribution in [2.75, 3.05) is 6.61 Å². The molecule has 0 bridgehead atoms. The molecule has 0 aliphatic carbocycles. The fourth-order valence-corrected chi connectivity index (χ4v) is 5.80. The van der Waals surface area contributed by atoms with Crippen LogP contribution in [-0.2, 0) is 9.53 Å². The SMILES string of the molecule is C=C(CCCCCCCCCCCCCCCC(C)C)C(=O)OCCCCCCCCCCCCCCCC(C)C. The van der Waals surface area contributed by atoms with Crippen molar-refractivity contribution in [3.05, 3.63) is 12.2 Å². The molecule has 2 nitrogen and oxygen atoms in total. The second kappa shape index (κ2) is 32.1. The van der Waals surface area contributed by atoms with Gasteiger partial charge in [-0.25, -0.2) is 4.79 Å². The molecule has 0 rings (SSSR count). The summed E-state index contributed by atoms with van der Waals surface area (Å²) in [4.78, 5) is 12.2. The molecule has 0 saturated heterocycles. The van der Waals surface area contributed by atoms with E-state index in [4.69, 9.17) is 4.74 Å². The van der Waals surface area contributed by atoms with Crippen molar-refractivity contribution < 1.29 is 9.53 Å². The number of carbonyl (C=O) groups excluding carboxylic acids is 1. The lowest BCUT2D eigenvalue weighted by molar-refractivity contribution is -0.139. The molecule has 0 amide bonds. The summed E-state index contributed by atoms with van der Waals surface area (Å²) in [5.74, 6) is 1.58. The smallest absolute Gasteiger partial charge is 0.333 e. The average Bonchev–Trinajstić information content (AvgIpc) is 2.94. The zero-order valence-corrected chi connectivity index (χ0v) is 28.9. The molecule has 0 radical (unpaired) electrons. The zero-order valence-electron chi connectivity index (χ0n) is 28.9. The zero-order chi connectivity index (χ0) is 30.2. The molecule has 0 fully saturated rings. The first-order valence-electron chi connectivity index (χ1n) is 18.8.